The minimum Gasteiger partial charge on any atom is -0.488 e. The third kappa shape index (κ3) is 3.98. The molecule has 0 spiro atoms. The van der Waals surface area contributed by atoms with Crippen LogP contribution < -0.4 is 10.2 Å². The first kappa shape index (κ1) is 19.0. The lowest BCUT2D eigenvalue weighted by molar-refractivity contribution is 0.0599. The number of ether oxygens (including phenoxy) is 2. The number of aromatic amines is 1. The van der Waals surface area contributed by atoms with Crippen LogP contribution in [-0.4, -0.2) is 18.1 Å². The van der Waals surface area contributed by atoms with E-state index in [2.05, 4.69) is 16.6 Å². The molecule has 27 heavy (non-hydrogen) atoms. The molecular weight excluding hydrogens is 366 g/mol. The van der Waals surface area contributed by atoms with E-state index < -0.39 is 5.97 Å². The lowest BCUT2D eigenvalue weighted by Crippen LogP contribution is -2.17. The highest BCUT2D eigenvalue weighted by Crippen LogP contribution is 2.27. The SMILES string of the molecule is CCCc1cc2c(=O)c(C(=O)OC)c[nH]c2cc1OCc1ccccc1Cl. The minimum absolute atomic E-state index is 0.0165. The zero-order chi connectivity index (χ0) is 19.4. The number of hydrogen-bond donors (Lipinski definition) is 1. The van der Waals surface area contributed by atoms with Gasteiger partial charge < -0.3 is 14.5 Å². The first-order valence-electron chi connectivity index (χ1n) is 8.68. The zero-order valence-corrected chi connectivity index (χ0v) is 15.9. The monoisotopic (exact) mass is 385 g/mol. The van der Waals surface area contributed by atoms with E-state index >= 15 is 0 Å². The van der Waals surface area contributed by atoms with Crippen molar-refractivity contribution in [2.75, 3.05) is 7.11 Å². The standard InChI is InChI=1S/C21H20ClNO4/c1-3-6-13-9-15-18(23-11-16(20(15)24)21(25)26-2)10-19(13)27-12-14-7-4-5-8-17(14)22/h4-5,7-11H,3,6,12H2,1-2H3,(H,23,24). The van der Waals surface area contributed by atoms with E-state index in [1.54, 1.807) is 12.1 Å². The third-order valence-corrected chi connectivity index (χ3v) is 4.70. The molecule has 3 aromatic rings. The molecule has 0 radical (unpaired) electrons. The lowest BCUT2D eigenvalue weighted by atomic mass is 10.0. The molecule has 3 rings (SSSR count). The Bertz CT molecular complexity index is 1040. The fraction of sp³-hybridized carbons (Fsp3) is 0.238. The fourth-order valence-electron chi connectivity index (χ4n) is 2.92. The van der Waals surface area contributed by atoms with Crippen LogP contribution in [0.1, 0.15) is 34.8 Å². The van der Waals surface area contributed by atoms with Gasteiger partial charge in [0.2, 0.25) is 5.43 Å². The largest absolute Gasteiger partial charge is 0.488 e. The molecule has 0 saturated heterocycles. The van der Waals surface area contributed by atoms with Crippen LogP contribution in [-0.2, 0) is 17.8 Å². The summed E-state index contributed by atoms with van der Waals surface area (Å²) in [6, 6.07) is 11.1. The Morgan fingerprint density at radius 2 is 1.96 bits per heavy atom. The molecule has 5 nitrogen and oxygen atoms in total. The summed E-state index contributed by atoms with van der Waals surface area (Å²) in [5, 5.41) is 1.08. The number of nitrogens with one attached hydrogen (secondary N) is 1. The van der Waals surface area contributed by atoms with E-state index in [1.807, 2.05) is 24.3 Å². The molecule has 0 saturated carbocycles. The minimum atomic E-state index is -0.658. The number of carbonyl (C=O) groups excluding carboxylic acids is 1. The van der Waals surface area contributed by atoms with Crippen molar-refractivity contribution < 1.29 is 14.3 Å². The summed E-state index contributed by atoms with van der Waals surface area (Å²) in [6.07, 6.45) is 3.01. The van der Waals surface area contributed by atoms with Crippen LogP contribution in [0, 0.1) is 0 Å². The van der Waals surface area contributed by atoms with Gasteiger partial charge in [0.25, 0.3) is 0 Å². The van der Waals surface area contributed by atoms with Crippen molar-refractivity contribution in [1.29, 1.82) is 0 Å². The number of halogens is 1. The van der Waals surface area contributed by atoms with Crippen LogP contribution >= 0.6 is 11.6 Å². The molecule has 1 heterocycles. The molecule has 0 aliphatic rings. The fourth-order valence-corrected chi connectivity index (χ4v) is 3.11. The number of methoxy groups -OCH3 is 1. The van der Waals surface area contributed by atoms with Crippen LogP contribution in [0.15, 0.2) is 47.4 Å². The number of aryl methyl sites for hydroxylation is 1. The van der Waals surface area contributed by atoms with Gasteiger partial charge in [-0.2, -0.15) is 0 Å². The molecule has 1 N–H and O–H groups in total. The number of aromatic nitrogens is 1. The number of benzene rings is 2. The molecule has 1 aromatic heterocycles. The van der Waals surface area contributed by atoms with Gasteiger partial charge in [0.15, 0.2) is 0 Å². The second-order valence-corrected chi connectivity index (χ2v) is 6.57. The zero-order valence-electron chi connectivity index (χ0n) is 15.2. The van der Waals surface area contributed by atoms with E-state index in [0.29, 0.717) is 28.3 Å². The first-order valence-corrected chi connectivity index (χ1v) is 9.05. The van der Waals surface area contributed by atoms with Gasteiger partial charge in [-0.05, 0) is 24.1 Å². The highest BCUT2D eigenvalue weighted by molar-refractivity contribution is 6.31. The maximum atomic E-state index is 12.6. The van der Waals surface area contributed by atoms with Crippen molar-refractivity contribution in [1.82, 2.24) is 4.98 Å². The number of esters is 1. The molecule has 0 unspecified atom stereocenters. The molecule has 0 atom stereocenters. The first-order chi connectivity index (χ1) is 13.0. The van der Waals surface area contributed by atoms with Crippen molar-refractivity contribution in [3.63, 3.8) is 0 Å². The van der Waals surface area contributed by atoms with E-state index in [0.717, 1.165) is 24.0 Å². The molecule has 0 aliphatic heterocycles. The van der Waals surface area contributed by atoms with E-state index in [9.17, 15) is 9.59 Å². The summed E-state index contributed by atoms with van der Waals surface area (Å²) in [5.41, 5.74) is 2.02. The van der Waals surface area contributed by atoms with Crippen LogP contribution in [0.25, 0.3) is 10.9 Å². The average molecular weight is 386 g/mol. The Kier molecular flexibility index (Phi) is 5.81. The number of rotatable bonds is 6. The van der Waals surface area contributed by atoms with Crippen LogP contribution in [0.4, 0.5) is 0 Å². The van der Waals surface area contributed by atoms with Crippen molar-refractivity contribution in [3.05, 3.63) is 74.5 Å². The highest BCUT2D eigenvalue weighted by Gasteiger charge is 2.16. The van der Waals surface area contributed by atoms with Gasteiger partial charge in [-0.25, -0.2) is 4.79 Å². The number of carbonyl (C=O) groups is 1. The topological polar surface area (TPSA) is 68.4 Å². The Labute approximate surface area is 161 Å². The Hall–Kier alpha value is -2.79. The second kappa shape index (κ2) is 8.27. The molecule has 0 aliphatic carbocycles. The van der Waals surface area contributed by atoms with E-state index in [1.165, 1.54) is 13.3 Å². The summed E-state index contributed by atoms with van der Waals surface area (Å²) >= 11 is 6.20. The van der Waals surface area contributed by atoms with Crippen molar-refractivity contribution >= 4 is 28.5 Å². The number of hydrogen-bond acceptors (Lipinski definition) is 4. The molecular formula is C21H20ClNO4. The maximum absolute atomic E-state index is 12.6. The van der Waals surface area contributed by atoms with Gasteiger partial charge in [-0.15, -0.1) is 0 Å². The third-order valence-electron chi connectivity index (χ3n) is 4.33. The summed E-state index contributed by atoms with van der Waals surface area (Å²) in [7, 11) is 1.25. The molecule has 0 amide bonds. The summed E-state index contributed by atoms with van der Waals surface area (Å²) in [4.78, 5) is 27.4. The van der Waals surface area contributed by atoms with Crippen molar-refractivity contribution in [2.24, 2.45) is 0 Å². The molecule has 0 bridgehead atoms. The van der Waals surface area contributed by atoms with E-state index in [4.69, 9.17) is 16.3 Å². The molecule has 0 fully saturated rings. The van der Waals surface area contributed by atoms with Crippen LogP contribution in [0.2, 0.25) is 5.02 Å². The number of fused-ring (bicyclic) bond motifs is 1. The molecule has 2 aromatic carbocycles. The summed E-state index contributed by atoms with van der Waals surface area (Å²) < 4.78 is 10.7. The molecule has 6 heteroatoms. The van der Waals surface area contributed by atoms with E-state index in [-0.39, 0.29) is 11.0 Å². The van der Waals surface area contributed by atoms with Gasteiger partial charge in [-0.1, -0.05) is 43.1 Å². The van der Waals surface area contributed by atoms with Crippen molar-refractivity contribution in [3.8, 4) is 5.75 Å². The van der Waals surface area contributed by atoms with Gasteiger partial charge in [0.1, 0.15) is 17.9 Å². The van der Waals surface area contributed by atoms with Gasteiger partial charge in [-0.3, -0.25) is 4.79 Å². The predicted octanol–water partition coefficient (Wildman–Crippen LogP) is 4.50. The normalized spacial score (nSPS) is 10.8. The van der Waals surface area contributed by atoms with Gasteiger partial charge in [0.05, 0.1) is 12.6 Å². The van der Waals surface area contributed by atoms with Gasteiger partial charge in [0, 0.05) is 28.2 Å². The highest BCUT2D eigenvalue weighted by atomic mass is 35.5. The summed E-state index contributed by atoms with van der Waals surface area (Å²) in [6.45, 7) is 2.38. The smallest absolute Gasteiger partial charge is 0.343 e. The summed E-state index contributed by atoms with van der Waals surface area (Å²) in [5.74, 6) is 0.0278. The quantitative estimate of drug-likeness (QED) is 0.634. The Balaban J connectivity index is 2.02. The second-order valence-electron chi connectivity index (χ2n) is 6.16. The van der Waals surface area contributed by atoms with Crippen LogP contribution in [0.3, 0.4) is 0 Å². The Morgan fingerprint density at radius 3 is 2.67 bits per heavy atom. The lowest BCUT2D eigenvalue weighted by Gasteiger charge is -2.14. The Morgan fingerprint density at radius 1 is 1.19 bits per heavy atom. The molecule has 140 valence electrons. The maximum Gasteiger partial charge on any atom is 0.343 e. The predicted molar refractivity (Wildman–Crippen MR) is 106 cm³/mol. The number of H-pyrrole nitrogens is 1. The van der Waals surface area contributed by atoms with Crippen LogP contribution in [0.5, 0.6) is 5.75 Å². The average Bonchev–Trinajstić information content (AvgIpc) is 2.68. The number of pyridine rings is 1. The van der Waals surface area contributed by atoms with Crippen molar-refractivity contribution in [2.45, 2.75) is 26.4 Å². The van der Waals surface area contributed by atoms with Gasteiger partial charge >= 0.3 is 5.97 Å².